The molecule has 0 unspecified atom stereocenters. The van der Waals surface area contributed by atoms with E-state index in [0.717, 1.165) is 18.4 Å². The Morgan fingerprint density at radius 3 is 2.85 bits per heavy atom. The molecule has 1 aromatic carbocycles. The lowest BCUT2D eigenvalue weighted by Crippen LogP contribution is -2.32. The maximum atomic E-state index is 13.0. The summed E-state index contributed by atoms with van der Waals surface area (Å²) < 4.78 is 20.5. The second-order valence-electron chi connectivity index (χ2n) is 6.46. The molecule has 1 saturated heterocycles. The van der Waals surface area contributed by atoms with Gasteiger partial charge in [0, 0.05) is 26.2 Å². The molecule has 3 aromatic rings. The van der Waals surface area contributed by atoms with E-state index in [4.69, 9.17) is 4.42 Å². The van der Waals surface area contributed by atoms with Crippen LogP contribution in [-0.2, 0) is 13.5 Å². The standard InChI is InChI=1S/C19H19FN4O2/c1-23-17(8-9-22-23)19(25)24-10-2-3-16(24)18-21-12-15(26-18)11-13-4-6-14(20)7-5-13/h4-9,12,16H,2-3,10-11H2,1H3/t16-/m1/s1. The smallest absolute Gasteiger partial charge is 0.272 e. The van der Waals surface area contributed by atoms with Gasteiger partial charge in [0.2, 0.25) is 5.89 Å². The number of oxazole rings is 1. The van der Waals surface area contributed by atoms with Gasteiger partial charge in [-0.1, -0.05) is 12.1 Å². The number of amides is 1. The van der Waals surface area contributed by atoms with Crippen LogP contribution in [0, 0.1) is 5.82 Å². The van der Waals surface area contributed by atoms with E-state index in [0.29, 0.717) is 30.3 Å². The number of carbonyl (C=O) groups excluding carboxylic acids is 1. The van der Waals surface area contributed by atoms with E-state index in [1.54, 1.807) is 47.2 Å². The van der Waals surface area contributed by atoms with Gasteiger partial charge in [-0.2, -0.15) is 5.10 Å². The van der Waals surface area contributed by atoms with E-state index < -0.39 is 0 Å². The Kier molecular flexibility index (Phi) is 4.28. The zero-order valence-corrected chi connectivity index (χ0v) is 14.4. The zero-order valence-electron chi connectivity index (χ0n) is 14.4. The molecule has 1 amide bonds. The lowest BCUT2D eigenvalue weighted by atomic mass is 10.1. The van der Waals surface area contributed by atoms with E-state index >= 15 is 0 Å². The van der Waals surface area contributed by atoms with Gasteiger partial charge in [-0.25, -0.2) is 9.37 Å². The summed E-state index contributed by atoms with van der Waals surface area (Å²) in [4.78, 5) is 19.0. The number of likely N-dealkylation sites (tertiary alicyclic amines) is 1. The van der Waals surface area contributed by atoms with Gasteiger partial charge in [-0.3, -0.25) is 9.48 Å². The van der Waals surface area contributed by atoms with Gasteiger partial charge in [0.1, 0.15) is 23.3 Å². The first-order valence-electron chi connectivity index (χ1n) is 8.60. The molecule has 2 aromatic heterocycles. The number of carbonyl (C=O) groups is 1. The number of nitrogens with zero attached hydrogens (tertiary/aromatic N) is 4. The van der Waals surface area contributed by atoms with Crippen molar-refractivity contribution in [1.82, 2.24) is 19.7 Å². The van der Waals surface area contributed by atoms with Crippen LogP contribution >= 0.6 is 0 Å². The molecular weight excluding hydrogens is 335 g/mol. The van der Waals surface area contributed by atoms with Crippen LogP contribution in [0.1, 0.15) is 46.6 Å². The summed E-state index contributed by atoms with van der Waals surface area (Å²) in [5.41, 5.74) is 1.50. The van der Waals surface area contributed by atoms with Crippen LogP contribution in [0.15, 0.2) is 47.1 Å². The second-order valence-corrected chi connectivity index (χ2v) is 6.46. The highest BCUT2D eigenvalue weighted by atomic mass is 19.1. The second kappa shape index (κ2) is 6.74. The van der Waals surface area contributed by atoms with Crippen LogP contribution < -0.4 is 0 Å². The maximum absolute atomic E-state index is 13.0. The topological polar surface area (TPSA) is 64.2 Å². The molecular formula is C19H19FN4O2. The summed E-state index contributed by atoms with van der Waals surface area (Å²) in [7, 11) is 1.75. The zero-order chi connectivity index (χ0) is 18.1. The van der Waals surface area contributed by atoms with Crippen molar-refractivity contribution in [3.8, 4) is 0 Å². The number of benzene rings is 1. The van der Waals surface area contributed by atoms with Gasteiger partial charge < -0.3 is 9.32 Å². The third-order valence-corrected chi connectivity index (χ3v) is 4.70. The van der Waals surface area contributed by atoms with Crippen LogP contribution in [-0.4, -0.2) is 32.1 Å². The summed E-state index contributed by atoms with van der Waals surface area (Å²) >= 11 is 0. The Morgan fingerprint density at radius 1 is 1.31 bits per heavy atom. The van der Waals surface area contributed by atoms with Crippen LogP contribution in [0.3, 0.4) is 0 Å². The molecule has 1 aliphatic heterocycles. The minimum Gasteiger partial charge on any atom is -0.443 e. The van der Waals surface area contributed by atoms with Gasteiger partial charge in [-0.15, -0.1) is 0 Å². The summed E-state index contributed by atoms with van der Waals surface area (Å²) in [6.07, 6.45) is 5.56. The Hall–Kier alpha value is -2.96. The lowest BCUT2D eigenvalue weighted by Gasteiger charge is -2.22. The van der Waals surface area contributed by atoms with Crippen molar-refractivity contribution in [3.63, 3.8) is 0 Å². The molecule has 1 fully saturated rings. The molecule has 0 N–H and O–H groups in total. The van der Waals surface area contributed by atoms with Gasteiger partial charge in [0.25, 0.3) is 5.91 Å². The van der Waals surface area contributed by atoms with Crippen molar-refractivity contribution in [3.05, 3.63) is 71.5 Å². The summed E-state index contributed by atoms with van der Waals surface area (Å²) in [5, 5.41) is 4.07. The molecule has 3 heterocycles. The minimum atomic E-state index is -0.262. The predicted molar refractivity (Wildman–Crippen MR) is 91.9 cm³/mol. The monoisotopic (exact) mass is 354 g/mol. The number of hydrogen-bond donors (Lipinski definition) is 0. The highest BCUT2D eigenvalue weighted by Crippen LogP contribution is 2.33. The molecule has 26 heavy (non-hydrogen) atoms. The number of hydrogen-bond acceptors (Lipinski definition) is 4. The molecule has 0 aliphatic carbocycles. The van der Waals surface area contributed by atoms with E-state index in [2.05, 4.69) is 10.1 Å². The Balaban J connectivity index is 1.52. The van der Waals surface area contributed by atoms with E-state index in [-0.39, 0.29) is 17.8 Å². The van der Waals surface area contributed by atoms with E-state index in [1.165, 1.54) is 12.1 Å². The van der Waals surface area contributed by atoms with Gasteiger partial charge in [0.15, 0.2) is 0 Å². The van der Waals surface area contributed by atoms with E-state index in [9.17, 15) is 9.18 Å². The van der Waals surface area contributed by atoms with Crippen molar-refractivity contribution >= 4 is 5.91 Å². The molecule has 1 atom stereocenters. The molecule has 0 bridgehead atoms. The fraction of sp³-hybridized carbons (Fsp3) is 0.316. The Bertz CT molecular complexity index is 916. The van der Waals surface area contributed by atoms with Crippen molar-refractivity contribution in [2.45, 2.75) is 25.3 Å². The Morgan fingerprint density at radius 2 is 2.12 bits per heavy atom. The fourth-order valence-electron chi connectivity index (χ4n) is 3.36. The quantitative estimate of drug-likeness (QED) is 0.722. The lowest BCUT2D eigenvalue weighted by molar-refractivity contribution is 0.0703. The molecule has 7 heteroatoms. The van der Waals surface area contributed by atoms with E-state index in [1.807, 2.05) is 0 Å². The van der Waals surface area contributed by atoms with Gasteiger partial charge >= 0.3 is 0 Å². The average molecular weight is 354 g/mol. The molecule has 1 aliphatic rings. The first kappa shape index (κ1) is 16.5. The maximum Gasteiger partial charge on any atom is 0.272 e. The first-order valence-corrected chi connectivity index (χ1v) is 8.60. The minimum absolute atomic E-state index is 0.0641. The molecule has 4 rings (SSSR count). The summed E-state index contributed by atoms with van der Waals surface area (Å²) in [6, 6.07) is 7.86. The predicted octanol–water partition coefficient (Wildman–Crippen LogP) is 3.12. The molecule has 0 spiro atoms. The van der Waals surface area contributed by atoms with Gasteiger partial charge in [-0.05, 0) is 36.6 Å². The highest BCUT2D eigenvalue weighted by Gasteiger charge is 2.34. The van der Waals surface area contributed by atoms with Crippen molar-refractivity contribution in [2.75, 3.05) is 6.54 Å². The van der Waals surface area contributed by atoms with Crippen molar-refractivity contribution < 1.29 is 13.6 Å². The molecule has 6 nitrogen and oxygen atoms in total. The molecule has 0 radical (unpaired) electrons. The van der Waals surface area contributed by atoms with Crippen LogP contribution in [0.2, 0.25) is 0 Å². The average Bonchev–Trinajstić information content (AvgIpc) is 3.36. The largest absolute Gasteiger partial charge is 0.443 e. The number of halogens is 1. The molecule has 0 saturated carbocycles. The first-order chi connectivity index (χ1) is 12.6. The van der Waals surface area contributed by atoms with Gasteiger partial charge in [0.05, 0.1) is 6.20 Å². The SMILES string of the molecule is Cn1nccc1C(=O)N1CCC[C@@H]1c1ncc(Cc2ccc(F)cc2)o1. The van der Waals surface area contributed by atoms with Crippen molar-refractivity contribution in [2.24, 2.45) is 7.05 Å². The third kappa shape index (κ3) is 3.12. The highest BCUT2D eigenvalue weighted by molar-refractivity contribution is 5.92. The number of aryl methyl sites for hydroxylation is 1. The summed E-state index contributed by atoms with van der Waals surface area (Å²) in [5.74, 6) is 0.926. The van der Waals surface area contributed by atoms with Crippen LogP contribution in [0.25, 0.3) is 0 Å². The Labute approximate surface area is 150 Å². The normalized spacial score (nSPS) is 17.0. The fourth-order valence-corrected chi connectivity index (χ4v) is 3.36. The summed E-state index contributed by atoms with van der Waals surface area (Å²) in [6.45, 7) is 0.671. The number of aromatic nitrogens is 3. The molecule has 134 valence electrons. The number of rotatable bonds is 4. The van der Waals surface area contributed by atoms with Crippen LogP contribution in [0.4, 0.5) is 4.39 Å². The third-order valence-electron chi connectivity index (χ3n) is 4.70. The van der Waals surface area contributed by atoms with Crippen molar-refractivity contribution in [1.29, 1.82) is 0 Å². The van der Waals surface area contributed by atoms with Crippen LogP contribution in [0.5, 0.6) is 0 Å².